The van der Waals surface area contributed by atoms with Crippen molar-refractivity contribution in [1.29, 1.82) is 0 Å². The van der Waals surface area contributed by atoms with Crippen LogP contribution in [-0.4, -0.2) is 18.6 Å². The monoisotopic (exact) mass is 229 g/mol. The topological polar surface area (TPSA) is 50.9 Å². The molecule has 3 nitrogen and oxygen atoms in total. The Morgan fingerprint density at radius 2 is 2.19 bits per heavy atom. The Labute approximate surface area is 90.9 Å². The Morgan fingerprint density at radius 1 is 1.50 bits per heavy atom. The summed E-state index contributed by atoms with van der Waals surface area (Å²) in [5.74, 6) is 5.15. The lowest BCUT2D eigenvalue weighted by molar-refractivity contribution is -0.137. The molecule has 0 saturated heterocycles. The summed E-state index contributed by atoms with van der Waals surface area (Å²) >= 11 is 0. The zero-order valence-corrected chi connectivity index (χ0v) is 8.52. The van der Waals surface area contributed by atoms with E-state index >= 15 is 0 Å². The first-order chi connectivity index (χ1) is 7.45. The van der Waals surface area contributed by atoms with Crippen LogP contribution in [-0.2, 0) is 6.18 Å². The molecule has 0 aliphatic carbocycles. The minimum absolute atomic E-state index is 0.00315. The third-order valence-electron chi connectivity index (χ3n) is 1.73. The largest absolute Gasteiger partial charge is 0.417 e. The number of pyridine rings is 1. The second-order valence-electron chi connectivity index (χ2n) is 2.99. The Bertz CT molecular complexity index is 429. The van der Waals surface area contributed by atoms with Crippen LogP contribution in [0.3, 0.4) is 0 Å². The zero-order chi connectivity index (χ0) is 12.2. The van der Waals surface area contributed by atoms with Crippen molar-refractivity contribution < 1.29 is 13.2 Å². The normalized spacial score (nSPS) is 10.8. The average Bonchev–Trinajstić information content (AvgIpc) is 2.19. The van der Waals surface area contributed by atoms with Crippen molar-refractivity contribution in [2.24, 2.45) is 0 Å². The molecule has 0 radical (unpaired) electrons. The van der Waals surface area contributed by atoms with Crippen LogP contribution in [0.1, 0.15) is 11.1 Å². The van der Waals surface area contributed by atoms with Gasteiger partial charge < -0.3 is 11.1 Å². The molecule has 0 atom stereocenters. The molecular formula is C10H10F3N3. The smallest absolute Gasteiger partial charge is 0.383 e. The van der Waals surface area contributed by atoms with Gasteiger partial charge in [-0.05, 0) is 13.1 Å². The van der Waals surface area contributed by atoms with Crippen LogP contribution in [0.4, 0.5) is 19.0 Å². The molecule has 86 valence electrons. The predicted molar refractivity (Wildman–Crippen MR) is 54.5 cm³/mol. The molecule has 1 heterocycles. The van der Waals surface area contributed by atoms with Crippen LogP contribution in [0.5, 0.6) is 0 Å². The van der Waals surface area contributed by atoms with Gasteiger partial charge in [0.05, 0.1) is 17.7 Å². The molecule has 0 aromatic carbocycles. The van der Waals surface area contributed by atoms with E-state index in [-0.39, 0.29) is 11.4 Å². The highest BCUT2D eigenvalue weighted by molar-refractivity contribution is 5.52. The molecule has 6 heteroatoms. The van der Waals surface area contributed by atoms with Crippen molar-refractivity contribution in [1.82, 2.24) is 10.3 Å². The van der Waals surface area contributed by atoms with Crippen LogP contribution >= 0.6 is 0 Å². The second-order valence-corrected chi connectivity index (χ2v) is 2.99. The summed E-state index contributed by atoms with van der Waals surface area (Å²) < 4.78 is 37.0. The van der Waals surface area contributed by atoms with Crippen LogP contribution < -0.4 is 11.1 Å². The summed E-state index contributed by atoms with van der Waals surface area (Å²) in [5.41, 5.74) is 4.65. The van der Waals surface area contributed by atoms with Gasteiger partial charge in [-0.2, -0.15) is 13.2 Å². The minimum Gasteiger partial charge on any atom is -0.383 e. The van der Waals surface area contributed by atoms with Crippen molar-refractivity contribution in [2.75, 3.05) is 19.3 Å². The number of rotatable bonds is 1. The number of halogens is 3. The average molecular weight is 229 g/mol. The number of aromatic nitrogens is 1. The minimum atomic E-state index is -4.43. The first kappa shape index (κ1) is 12.3. The Morgan fingerprint density at radius 3 is 2.75 bits per heavy atom. The van der Waals surface area contributed by atoms with E-state index in [0.29, 0.717) is 12.7 Å². The quantitative estimate of drug-likeness (QED) is 0.713. The lowest BCUT2D eigenvalue weighted by atomic mass is 10.2. The molecule has 1 aromatic heterocycles. The molecule has 16 heavy (non-hydrogen) atoms. The van der Waals surface area contributed by atoms with Gasteiger partial charge in [-0.3, -0.25) is 0 Å². The number of nitrogens with one attached hydrogen (secondary N) is 1. The number of nitrogen functional groups attached to an aromatic ring is 1. The van der Waals surface area contributed by atoms with E-state index in [1.165, 1.54) is 0 Å². The first-order valence-corrected chi connectivity index (χ1v) is 4.41. The summed E-state index contributed by atoms with van der Waals surface area (Å²) in [6.07, 6.45) is -3.74. The summed E-state index contributed by atoms with van der Waals surface area (Å²) in [6.45, 7) is 0.371. The van der Waals surface area contributed by atoms with Gasteiger partial charge in [-0.1, -0.05) is 11.8 Å². The van der Waals surface area contributed by atoms with Gasteiger partial charge in [0, 0.05) is 6.20 Å². The van der Waals surface area contributed by atoms with E-state index in [9.17, 15) is 13.2 Å². The van der Waals surface area contributed by atoms with Gasteiger partial charge in [0.15, 0.2) is 0 Å². The Balaban J connectivity index is 3.06. The number of nitrogens with zero attached hydrogens (tertiary/aromatic N) is 1. The van der Waals surface area contributed by atoms with E-state index in [2.05, 4.69) is 22.1 Å². The van der Waals surface area contributed by atoms with Crippen molar-refractivity contribution in [3.8, 4) is 11.8 Å². The van der Waals surface area contributed by atoms with E-state index < -0.39 is 11.7 Å². The van der Waals surface area contributed by atoms with E-state index in [1.54, 1.807) is 7.05 Å². The summed E-state index contributed by atoms with van der Waals surface area (Å²) in [7, 11) is 1.68. The molecule has 0 saturated carbocycles. The highest BCUT2D eigenvalue weighted by Gasteiger charge is 2.31. The third-order valence-corrected chi connectivity index (χ3v) is 1.73. The number of nitrogens with two attached hydrogens (primary N) is 1. The Hall–Kier alpha value is -1.74. The highest BCUT2D eigenvalue weighted by atomic mass is 19.4. The standard InChI is InChI=1S/C10H10F3N3/c1-15-4-2-3-7-5-8(10(11,12)13)6-16-9(7)14/h5-6,15H,4H2,1H3,(H2,14,16). The van der Waals surface area contributed by atoms with Crippen LogP contribution in [0.25, 0.3) is 0 Å². The maximum absolute atomic E-state index is 12.3. The molecule has 0 aliphatic rings. The predicted octanol–water partition coefficient (Wildman–Crippen LogP) is 1.25. The van der Waals surface area contributed by atoms with E-state index in [0.717, 1.165) is 6.07 Å². The summed E-state index contributed by atoms with van der Waals surface area (Å²) in [6, 6.07) is 0.894. The molecule has 1 aromatic rings. The van der Waals surface area contributed by atoms with Crippen molar-refractivity contribution >= 4 is 5.82 Å². The molecule has 0 spiro atoms. The van der Waals surface area contributed by atoms with Gasteiger partial charge in [0.1, 0.15) is 5.82 Å². The van der Waals surface area contributed by atoms with Crippen LogP contribution in [0.15, 0.2) is 12.3 Å². The maximum atomic E-state index is 12.3. The summed E-state index contributed by atoms with van der Waals surface area (Å²) in [4.78, 5) is 3.46. The van der Waals surface area contributed by atoms with Crippen molar-refractivity contribution in [3.63, 3.8) is 0 Å². The van der Waals surface area contributed by atoms with Gasteiger partial charge in [-0.15, -0.1) is 0 Å². The first-order valence-electron chi connectivity index (χ1n) is 4.41. The molecule has 0 fully saturated rings. The van der Waals surface area contributed by atoms with Crippen LogP contribution in [0.2, 0.25) is 0 Å². The highest BCUT2D eigenvalue weighted by Crippen LogP contribution is 2.29. The fraction of sp³-hybridized carbons (Fsp3) is 0.300. The molecule has 0 aliphatic heterocycles. The number of hydrogen-bond donors (Lipinski definition) is 2. The van der Waals surface area contributed by atoms with Gasteiger partial charge >= 0.3 is 6.18 Å². The van der Waals surface area contributed by atoms with Gasteiger partial charge in [-0.25, -0.2) is 4.98 Å². The lowest BCUT2D eigenvalue weighted by Gasteiger charge is -2.06. The van der Waals surface area contributed by atoms with Gasteiger partial charge in [0.25, 0.3) is 0 Å². The molecule has 1 rings (SSSR count). The number of anilines is 1. The number of alkyl halides is 3. The molecule has 0 bridgehead atoms. The zero-order valence-electron chi connectivity index (χ0n) is 8.52. The molecule has 3 N–H and O–H groups in total. The molecule has 0 unspecified atom stereocenters. The molecule has 0 amide bonds. The van der Waals surface area contributed by atoms with E-state index in [1.807, 2.05) is 0 Å². The van der Waals surface area contributed by atoms with E-state index in [4.69, 9.17) is 5.73 Å². The van der Waals surface area contributed by atoms with Gasteiger partial charge in [0.2, 0.25) is 0 Å². The summed E-state index contributed by atoms with van der Waals surface area (Å²) in [5, 5.41) is 2.75. The van der Waals surface area contributed by atoms with Crippen LogP contribution in [0, 0.1) is 11.8 Å². The SMILES string of the molecule is CNCC#Cc1cc(C(F)(F)F)cnc1N. The third kappa shape index (κ3) is 3.14. The Kier molecular flexibility index (Phi) is 3.74. The maximum Gasteiger partial charge on any atom is 0.417 e. The molecular weight excluding hydrogens is 219 g/mol. The van der Waals surface area contributed by atoms with Crippen molar-refractivity contribution in [3.05, 3.63) is 23.4 Å². The lowest BCUT2D eigenvalue weighted by Crippen LogP contribution is -2.08. The second kappa shape index (κ2) is 4.86. The van der Waals surface area contributed by atoms with Crippen molar-refractivity contribution in [2.45, 2.75) is 6.18 Å². The fourth-order valence-corrected chi connectivity index (χ4v) is 0.958. The fourth-order valence-electron chi connectivity index (χ4n) is 0.958. The number of hydrogen-bond acceptors (Lipinski definition) is 3.